The van der Waals surface area contributed by atoms with Crippen molar-refractivity contribution in [2.75, 3.05) is 0 Å². The highest BCUT2D eigenvalue weighted by Crippen LogP contribution is 2.41. The Bertz CT molecular complexity index is 341. The SMILES string of the molecule is O=P(O)(O)Oc1c(I)cccc1I. The standard InChI is InChI=1S/C6H5I2O4P/c7-4-2-1-3-5(8)6(4)12-13(9,10)11/h1-3H,(H2,9,10,11). The van der Waals surface area contributed by atoms with Crippen molar-refractivity contribution in [3.8, 4) is 5.75 Å². The Labute approximate surface area is 102 Å². The Kier molecular flexibility index (Phi) is 3.99. The fraction of sp³-hybridized carbons (Fsp3) is 0. The second kappa shape index (κ2) is 4.43. The fourth-order valence-corrected chi connectivity index (χ4v) is 3.20. The molecular weight excluding hydrogens is 421 g/mol. The number of hydrogen-bond donors (Lipinski definition) is 2. The third-order valence-electron chi connectivity index (χ3n) is 1.13. The van der Waals surface area contributed by atoms with Crippen LogP contribution in [0.5, 0.6) is 5.75 Å². The molecule has 0 aliphatic rings. The van der Waals surface area contributed by atoms with Crippen molar-refractivity contribution in [1.82, 2.24) is 0 Å². The summed E-state index contributed by atoms with van der Waals surface area (Å²) in [6, 6.07) is 5.22. The lowest BCUT2D eigenvalue weighted by Crippen LogP contribution is -1.94. The number of hydrogen-bond acceptors (Lipinski definition) is 2. The quantitative estimate of drug-likeness (QED) is 0.564. The van der Waals surface area contributed by atoms with Gasteiger partial charge >= 0.3 is 7.82 Å². The molecule has 0 aromatic heterocycles. The van der Waals surface area contributed by atoms with Crippen LogP contribution in [0.15, 0.2) is 18.2 Å². The molecule has 0 saturated heterocycles. The van der Waals surface area contributed by atoms with Crippen LogP contribution in [-0.4, -0.2) is 9.79 Å². The van der Waals surface area contributed by atoms with Crippen molar-refractivity contribution in [3.63, 3.8) is 0 Å². The molecule has 0 unspecified atom stereocenters. The molecule has 0 amide bonds. The van der Waals surface area contributed by atoms with Gasteiger partial charge < -0.3 is 4.52 Å². The summed E-state index contributed by atoms with van der Waals surface area (Å²) in [4.78, 5) is 17.2. The maximum Gasteiger partial charge on any atom is 0.524 e. The van der Waals surface area contributed by atoms with Gasteiger partial charge in [-0.05, 0) is 57.3 Å². The normalized spacial score (nSPS) is 11.4. The van der Waals surface area contributed by atoms with E-state index in [0.29, 0.717) is 7.14 Å². The van der Waals surface area contributed by atoms with E-state index in [0.717, 1.165) is 0 Å². The lowest BCUT2D eigenvalue weighted by molar-refractivity contribution is 0.282. The Morgan fingerprint density at radius 2 is 1.69 bits per heavy atom. The van der Waals surface area contributed by atoms with Gasteiger partial charge in [-0.25, -0.2) is 4.57 Å². The summed E-state index contributed by atoms with van der Waals surface area (Å²) in [5, 5.41) is 0. The predicted molar refractivity (Wildman–Crippen MR) is 64.5 cm³/mol. The molecule has 0 atom stereocenters. The molecule has 0 aliphatic carbocycles. The smallest absolute Gasteiger partial charge is 0.402 e. The van der Waals surface area contributed by atoms with Gasteiger partial charge in [-0.3, -0.25) is 9.79 Å². The van der Waals surface area contributed by atoms with Gasteiger partial charge in [0.2, 0.25) is 0 Å². The van der Waals surface area contributed by atoms with E-state index in [1.54, 1.807) is 18.2 Å². The van der Waals surface area contributed by atoms with Gasteiger partial charge in [0.15, 0.2) is 5.75 Å². The minimum absolute atomic E-state index is 0.233. The van der Waals surface area contributed by atoms with Crippen LogP contribution >= 0.6 is 53.0 Å². The number of phosphoric ester groups is 1. The summed E-state index contributed by atoms with van der Waals surface area (Å²) in [6.45, 7) is 0. The second-order valence-corrected chi connectivity index (χ2v) is 5.62. The van der Waals surface area contributed by atoms with E-state index in [1.165, 1.54) is 0 Å². The van der Waals surface area contributed by atoms with Crippen molar-refractivity contribution >= 4 is 53.0 Å². The average Bonchev–Trinajstić information content (AvgIpc) is 1.95. The van der Waals surface area contributed by atoms with Crippen molar-refractivity contribution in [2.45, 2.75) is 0 Å². The molecule has 0 saturated carbocycles. The fourth-order valence-electron chi connectivity index (χ4n) is 0.689. The van der Waals surface area contributed by atoms with E-state index < -0.39 is 7.82 Å². The maximum atomic E-state index is 10.6. The number of para-hydroxylation sites is 1. The predicted octanol–water partition coefficient (Wildman–Crippen LogP) is 2.37. The number of rotatable bonds is 2. The molecule has 0 bridgehead atoms. The van der Waals surface area contributed by atoms with E-state index in [9.17, 15) is 4.57 Å². The van der Waals surface area contributed by atoms with Gasteiger partial charge in [0.1, 0.15) is 0 Å². The first-order valence-electron chi connectivity index (χ1n) is 3.09. The van der Waals surface area contributed by atoms with Gasteiger partial charge in [0.25, 0.3) is 0 Å². The van der Waals surface area contributed by atoms with E-state index in [-0.39, 0.29) is 5.75 Å². The molecular formula is C6H5I2O4P. The lowest BCUT2D eigenvalue weighted by atomic mass is 10.3. The monoisotopic (exact) mass is 426 g/mol. The molecule has 0 radical (unpaired) electrons. The summed E-state index contributed by atoms with van der Waals surface area (Å²) >= 11 is 3.91. The zero-order valence-corrected chi connectivity index (χ0v) is 11.4. The first-order chi connectivity index (χ1) is 5.90. The Balaban J connectivity index is 3.07. The summed E-state index contributed by atoms with van der Waals surface area (Å²) in [7, 11) is -4.45. The minimum atomic E-state index is -4.45. The van der Waals surface area contributed by atoms with Crippen LogP contribution in [0.3, 0.4) is 0 Å². The summed E-state index contributed by atoms with van der Waals surface area (Å²) in [5.41, 5.74) is 0. The van der Waals surface area contributed by atoms with Crippen molar-refractivity contribution in [3.05, 3.63) is 25.3 Å². The molecule has 1 rings (SSSR count). The van der Waals surface area contributed by atoms with Crippen molar-refractivity contribution in [1.29, 1.82) is 0 Å². The summed E-state index contributed by atoms with van der Waals surface area (Å²) in [5.74, 6) is 0.233. The third kappa shape index (κ3) is 3.70. The van der Waals surface area contributed by atoms with E-state index in [1.807, 2.05) is 45.2 Å². The third-order valence-corrected chi connectivity index (χ3v) is 3.25. The van der Waals surface area contributed by atoms with Gasteiger partial charge in [-0.2, -0.15) is 0 Å². The largest absolute Gasteiger partial charge is 0.524 e. The van der Waals surface area contributed by atoms with Gasteiger partial charge in [0.05, 0.1) is 7.14 Å². The molecule has 1 aromatic rings. The number of phosphoric acid groups is 1. The van der Waals surface area contributed by atoms with E-state index in [2.05, 4.69) is 4.52 Å². The minimum Gasteiger partial charge on any atom is -0.402 e. The van der Waals surface area contributed by atoms with Crippen molar-refractivity contribution < 1.29 is 18.9 Å². The van der Waals surface area contributed by atoms with Crippen LogP contribution < -0.4 is 4.52 Å². The highest BCUT2D eigenvalue weighted by molar-refractivity contribution is 14.1. The molecule has 0 heterocycles. The molecule has 0 fully saturated rings. The molecule has 1 aromatic carbocycles. The van der Waals surface area contributed by atoms with Crippen molar-refractivity contribution in [2.24, 2.45) is 0 Å². The Morgan fingerprint density at radius 1 is 1.23 bits per heavy atom. The number of halogens is 2. The Morgan fingerprint density at radius 3 is 2.08 bits per heavy atom. The highest BCUT2D eigenvalue weighted by atomic mass is 127. The molecule has 4 nitrogen and oxygen atoms in total. The molecule has 13 heavy (non-hydrogen) atoms. The van der Waals surface area contributed by atoms with Gasteiger partial charge in [-0.15, -0.1) is 0 Å². The summed E-state index contributed by atoms with van der Waals surface area (Å²) < 4.78 is 16.4. The first-order valence-corrected chi connectivity index (χ1v) is 6.78. The van der Waals surface area contributed by atoms with Crippen LogP contribution in [0, 0.1) is 7.14 Å². The highest BCUT2D eigenvalue weighted by Gasteiger charge is 2.19. The zero-order chi connectivity index (χ0) is 10.1. The molecule has 0 aliphatic heterocycles. The van der Waals surface area contributed by atoms with Gasteiger partial charge in [-0.1, -0.05) is 6.07 Å². The lowest BCUT2D eigenvalue weighted by Gasteiger charge is -2.09. The zero-order valence-electron chi connectivity index (χ0n) is 6.15. The average molecular weight is 426 g/mol. The maximum absolute atomic E-state index is 10.6. The van der Waals surface area contributed by atoms with Crippen LogP contribution in [-0.2, 0) is 4.57 Å². The van der Waals surface area contributed by atoms with Crippen LogP contribution in [0.1, 0.15) is 0 Å². The van der Waals surface area contributed by atoms with Crippen LogP contribution in [0.25, 0.3) is 0 Å². The topological polar surface area (TPSA) is 66.8 Å². The second-order valence-electron chi connectivity index (χ2n) is 2.13. The molecule has 72 valence electrons. The van der Waals surface area contributed by atoms with E-state index in [4.69, 9.17) is 9.79 Å². The first kappa shape index (κ1) is 11.7. The Hall–Kier alpha value is 0.630. The molecule has 7 heteroatoms. The summed E-state index contributed by atoms with van der Waals surface area (Å²) in [6.07, 6.45) is 0. The molecule has 0 spiro atoms. The van der Waals surface area contributed by atoms with Crippen LogP contribution in [0.2, 0.25) is 0 Å². The van der Waals surface area contributed by atoms with Crippen LogP contribution in [0.4, 0.5) is 0 Å². The molecule has 2 N–H and O–H groups in total. The van der Waals surface area contributed by atoms with E-state index >= 15 is 0 Å². The van der Waals surface area contributed by atoms with Gasteiger partial charge in [0, 0.05) is 0 Å². The number of benzene rings is 1.